The van der Waals surface area contributed by atoms with Gasteiger partial charge >= 0.3 is 0 Å². The number of nitrogens with zero attached hydrogens (tertiary/aromatic N) is 3. The Bertz CT molecular complexity index is 934. The molecule has 0 radical (unpaired) electrons. The summed E-state index contributed by atoms with van der Waals surface area (Å²) in [4.78, 5) is 32.8. The molecular weight excluding hydrogens is 322 g/mol. The monoisotopic (exact) mass is 339 g/mol. The van der Waals surface area contributed by atoms with Crippen LogP contribution < -0.4 is 10.9 Å². The summed E-state index contributed by atoms with van der Waals surface area (Å²) in [5.41, 5.74) is 7.02. The molecule has 25 heavy (non-hydrogen) atoms. The highest BCUT2D eigenvalue weighted by Gasteiger charge is 2.20. The summed E-state index contributed by atoms with van der Waals surface area (Å²) in [7, 11) is 0. The van der Waals surface area contributed by atoms with Crippen LogP contribution in [-0.4, -0.2) is 26.9 Å². The quantitative estimate of drug-likeness (QED) is 0.707. The maximum Gasteiger partial charge on any atom is 0.271 e. The number of carbonyl (C=O) groups excluding carboxylic acids is 2. The van der Waals surface area contributed by atoms with Gasteiger partial charge in [0.05, 0.1) is 22.2 Å². The topological polar surface area (TPSA) is 110 Å². The van der Waals surface area contributed by atoms with Crippen molar-refractivity contribution in [2.45, 2.75) is 26.7 Å². The number of pyridine rings is 2. The van der Waals surface area contributed by atoms with E-state index in [0.717, 1.165) is 0 Å². The Hall–Kier alpha value is -3.29. The first-order chi connectivity index (χ1) is 12.0. The van der Waals surface area contributed by atoms with E-state index in [4.69, 9.17) is 4.52 Å². The summed E-state index contributed by atoms with van der Waals surface area (Å²) in [5.74, 6) is -0.831. The molecule has 0 atom stereocenters. The second-order valence-electron chi connectivity index (χ2n) is 5.85. The molecule has 0 aliphatic heterocycles. The lowest BCUT2D eigenvalue weighted by molar-refractivity contribution is 0.0847. The Morgan fingerprint density at radius 1 is 1.20 bits per heavy atom. The third-order valence-electron chi connectivity index (χ3n) is 3.69. The van der Waals surface area contributed by atoms with E-state index in [1.165, 1.54) is 6.20 Å². The molecule has 8 nitrogen and oxygen atoms in total. The number of aromatic nitrogens is 3. The molecule has 0 aromatic carbocycles. The van der Waals surface area contributed by atoms with E-state index in [1.807, 2.05) is 13.8 Å². The van der Waals surface area contributed by atoms with Crippen molar-refractivity contribution in [2.75, 3.05) is 0 Å². The normalized spacial score (nSPS) is 10.9. The van der Waals surface area contributed by atoms with Crippen LogP contribution in [-0.2, 0) is 0 Å². The summed E-state index contributed by atoms with van der Waals surface area (Å²) in [6, 6.07) is 4.92. The molecule has 3 aromatic heterocycles. The van der Waals surface area contributed by atoms with Gasteiger partial charge in [-0.3, -0.25) is 25.4 Å². The van der Waals surface area contributed by atoms with Crippen LogP contribution in [0.4, 0.5) is 0 Å². The van der Waals surface area contributed by atoms with Gasteiger partial charge in [-0.15, -0.1) is 0 Å². The van der Waals surface area contributed by atoms with Crippen LogP contribution in [0.5, 0.6) is 0 Å². The summed E-state index contributed by atoms with van der Waals surface area (Å²) in [5, 5.41) is 4.39. The minimum absolute atomic E-state index is 0.103. The number of carbonyl (C=O) groups is 2. The Morgan fingerprint density at radius 2 is 1.96 bits per heavy atom. The van der Waals surface area contributed by atoms with Crippen LogP contribution in [0.2, 0.25) is 0 Å². The van der Waals surface area contributed by atoms with Crippen LogP contribution in [0.25, 0.3) is 11.1 Å². The van der Waals surface area contributed by atoms with Gasteiger partial charge in [0.2, 0.25) is 0 Å². The number of hydrogen-bond acceptors (Lipinski definition) is 6. The highest BCUT2D eigenvalue weighted by molar-refractivity contribution is 6.07. The summed E-state index contributed by atoms with van der Waals surface area (Å²) in [6.45, 7) is 5.65. The zero-order valence-electron chi connectivity index (χ0n) is 14.0. The van der Waals surface area contributed by atoms with Gasteiger partial charge in [0.25, 0.3) is 17.5 Å². The number of hydrazine groups is 1. The summed E-state index contributed by atoms with van der Waals surface area (Å²) in [6.07, 6.45) is 2.97. The molecular formula is C17H17N5O3. The molecule has 0 unspecified atom stereocenters. The van der Waals surface area contributed by atoms with Crippen molar-refractivity contribution in [3.63, 3.8) is 0 Å². The van der Waals surface area contributed by atoms with E-state index in [0.29, 0.717) is 33.6 Å². The van der Waals surface area contributed by atoms with Gasteiger partial charge in [0, 0.05) is 18.1 Å². The molecule has 128 valence electrons. The van der Waals surface area contributed by atoms with Crippen molar-refractivity contribution in [3.8, 4) is 0 Å². The van der Waals surface area contributed by atoms with Crippen LogP contribution in [0, 0.1) is 6.92 Å². The Labute approximate surface area is 143 Å². The lowest BCUT2D eigenvalue weighted by Gasteiger charge is -2.10. The first-order valence-electron chi connectivity index (χ1n) is 7.75. The fourth-order valence-electron chi connectivity index (χ4n) is 2.34. The van der Waals surface area contributed by atoms with Crippen LogP contribution in [0.15, 0.2) is 35.1 Å². The number of fused-ring (bicyclic) bond motifs is 1. The van der Waals surface area contributed by atoms with Gasteiger partial charge in [-0.1, -0.05) is 19.0 Å². The minimum Gasteiger partial charge on any atom is -0.336 e. The summed E-state index contributed by atoms with van der Waals surface area (Å²) >= 11 is 0. The van der Waals surface area contributed by atoms with Crippen molar-refractivity contribution >= 4 is 22.9 Å². The smallest absolute Gasteiger partial charge is 0.271 e. The highest BCUT2D eigenvalue weighted by atomic mass is 16.5. The van der Waals surface area contributed by atoms with Gasteiger partial charge in [-0.25, -0.2) is 4.98 Å². The average Bonchev–Trinajstić information content (AvgIpc) is 3.00. The minimum atomic E-state index is -0.474. The first kappa shape index (κ1) is 16.6. The van der Waals surface area contributed by atoms with Crippen molar-refractivity contribution in [1.82, 2.24) is 26.0 Å². The molecule has 0 fully saturated rings. The van der Waals surface area contributed by atoms with E-state index in [2.05, 4.69) is 26.0 Å². The highest BCUT2D eigenvalue weighted by Crippen LogP contribution is 2.24. The zero-order valence-corrected chi connectivity index (χ0v) is 14.0. The third kappa shape index (κ3) is 3.32. The largest absolute Gasteiger partial charge is 0.336 e. The van der Waals surface area contributed by atoms with Gasteiger partial charge in [-0.05, 0) is 31.0 Å². The van der Waals surface area contributed by atoms with Crippen molar-refractivity contribution in [2.24, 2.45) is 0 Å². The Morgan fingerprint density at radius 3 is 2.64 bits per heavy atom. The number of aryl methyl sites for hydroxylation is 1. The van der Waals surface area contributed by atoms with Crippen molar-refractivity contribution in [3.05, 3.63) is 53.1 Å². The molecule has 0 saturated heterocycles. The molecule has 0 aliphatic carbocycles. The molecule has 3 rings (SSSR count). The second-order valence-corrected chi connectivity index (χ2v) is 5.85. The van der Waals surface area contributed by atoms with E-state index in [9.17, 15) is 9.59 Å². The van der Waals surface area contributed by atoms with E-state index in [1.54, 1.807) is 31.3 Å². The maximum absolute atomic E-state index is 12.6. The fraction of sp³-hybridized carbons (Fsp3) is 0.235. The van der Waals surface area contributed by atoms with Crippen molar-refractivity contribution in [1.29, 1.82) is 0 Å². The molecule has 0 saturated carbocycles. The first-order valence-corrected chi connectivity index (χ1v) is 7.75. The predicted octanol–water partition coefficient (Wildman–Crippen LogP) is 2.12. The van der Waals surface area contributed by atoms with Gasteiger partial charge in [0.1, 0.15) is 0 Å². The molecule has 0 aliphatic rings. The second kappa shape index (κ2) is 6.68. The Kier molecular flexibility index (Phi) is 4.42. The molecule has 2 amide bonds. The van der Waals surface area contributed by atoms with E-state index >= 15 is 0 Å². The van der Waals surface area contributed by atoms with Crippen LogP contribution >= 0.6 is 0 Å². The van der Waals surface area contributed by atoms with E-state index in [-0.39, 0.29) is 5.92 Å². The Balaban J connectivity index is 1.86. The molecule has 2 N–H and O–H groups in total. The van der Waals surface area contributed by atoms with Crippen LogP contribution in [0.1, 0.15) is 51.9 Å². The predicted molar refractivity (Wildman–Crippen MR) is 89.8 cm³/mol. The van der Waals surface area contributed by atoms with Gasteiger partial charge in [0.15, 0.2) is 0 Å². The molecule has 0 bridgehead atoms. The lowest BCUT2D eigenvalue weighted by atomic mass is 10.0. The number of nitrogens with one attached hydrogen (secondary N) is 2. The van der Waals surface area contributed by atoms with E-state index < -0.39 is 11.8 Å². The maximum atomic E-state index is 12.6. The zero-order chi connectivity index (χ0) is 18.0. The number of hydrogen-bond donors (Lipinski definition) is 2. The van der Waals surface area contributed by atoms with Gasteiger partial charge in [-0.2, -0.15) is 0 Å². The fourth-order valence-corrected chi connectivity index (χ4v) is 2.34. The molecule has 3 heterocycles. The molecule has 0 spiro atoms. The van der Waals surface area contributed by atoms with Crippen molar-refractivity contribution < 1.29 is 14.1 Å². The van der Waals surface area contributed by atoms with Crippen LogP contribution in [0.3, 0.4) is 0 Å². The lowest BCUT2D eigenvalue weighted by Crippen LogP contribution is -2.41. The third-order valence-corrected chi connectivity index (χ3v) is 3.69. The average molecular weight is 339 g/mol. The number of rotatable bonds is 3. The standard InChI is InChI=1S/C17H17N5O3/c1-9(2)13-7-12(14-10(3)22-25-17(14)19-13)16(24)21-20-15(23)11-5-4-6-18-8-11/h4-9H,1-3H3,(H,20,23)(H,21,24). The SMILES string of the molecule is Cc1noc2nc(C(C)C)cc(C(=O)NNC(=O)c3cccnc3)c12. The van der Waals surface area contributed by atoms with Gasteiger partial charge < -0.3 is 4.52 Å². The number of amides is 2. The molecule has 8 heteroatoms. The molecule has 3 aromatic rings. The summed E-state index contributed by atoms with van der Waals surface area (Å²) < 4.78 is 5.19.